The second kappa shape index (κ2) is 4.26. The molecule has 1 heterocycles. The van der Waals surface area contributed by atoms with E-state index in [0.717, 1.165) is 19.0 Å². The summed E-state index contributed by atoms with van der Waals surface area (Å²) in [7, 11) is 0. The number of rotatable bonds is 4. The molecule has 0 spiro atoms. The topological polar surface area (TPSA) is 27.1 Å². The Labute approximate surface area is 73.4 Å². The summed E-state index contributed by atoms with van der Waals surface area (Å²) in [5.41, 5.74) is 0. The molecule has 0 bridgehead atoms. The third-order valence-electron chi connectivity index (χ3n) is 1.83. The van der Waals surface area contributed by atoms with E-state index in [1.54, 1.807) is 0 Å². The SMILES string of the molecule is CCOC(C)Cn1ccnc1C. The molecule has 68 valence electrons. The van der Waals surface area contributed by atoms with E-state index in [9.17, 15) is 0 Å². The van der Waals surface area contributed by atoms with Crippen molar-refractivity contribution in [3.63, 3.8) is 0 Å². The van der Waals surface area contributed by atoms with Gasteiger partial charge in [0, 0.05) is 25.5 Å². The van der Waals surface area contributed by atoms with Crippen LogP contribution < -0.4 is 0 Å². The zero-order valence-corrected chi connectivity index (χ0v) is 7.95. The number of hydrogen-bond acceptors (Lipinski definition) is 2. The first-order valence-corrected chi connectivity index (χ1v) is 4.33. The molecular formula is C9H16N2O. The molecule has 0 amide bonds. The maximum absolute atomic E-state index is 5.42. The Kier molecular flexibility index (Phi) is 3.29. The molecule has 0 fully saturated rings. The Morgan fingerprint density at radius 2 is 2.42 bits per heavy atom. The summed E-state index contributed by atoms with van der Waals surface area (Å²) in [5, 5.41) is 0. The van der Waals surface area contributed by atoms with Gasteiger partial charge < -0.3 is 9.30 Å². The monoisotopic (exact) mass is 168 g/mol. The highest BCUT2D eigenvalue weighted by Crippen LogP contribution is 2.00. The maximum Gasteiger partial charge on any atom is 0.105 e. The fourth-order valence-corrected chi connectivity index (χ4v) is 1.21. The van der Waals surface area contributed by atoms with Crippen molar-refractivity contribution in [1.82, 2.24) is 9.55 Å². The minimum atomic E-state index is 0.267. The average Bonchev–Trinajstić information content (AvgIpc) is 2.37. The lowest BCUT2D eigenvalue weighted by molar-refractivity contribution is 0.0636. The molecule has 0 aromatic carbocycles. The molecule has 0 N–H and O–H groups in total. The number of aromatic nitrogens is 2. The van der Waals surface area contributed by atoms with Crippen LogP contribution in [0, 0.1) is 6.92 Å². The zero-order valence-electron chi connectivity index (χ0n) is 7.95. The summed E-state index contributed by atoms with van der Waals surface area (Å²) < 4.78 is 7.52. The summed E-state index contributed by atoms with van der Waals surface area (Å²) in [4.78, 5) is 4.14. The van der Waals surface area contributed by atoms with Crippen LogP contribution in [-0.4, -0.2) is 22.3 Å². The summed E-state index contributed by atoms with van der Waals surface area (Å²) in [6, 6.07) is 0. The smallest absolute Gasteiger partial charge is 0.105 e. The van der Waals surface area contributed by atoms with Gasteiger partial charge in [0.25, 0.3) is 0 Å². The minimum absolute atomic E-state index is 0.267. The van der Waals surface area contributed by atoms with Crippen molar-refractivity contribution in [3.05, 3.63) is 18.2 Å². The highest BCUT2D eigenvalue weighted by molar-refractivity contribution is 4.88. The lowest BCUT2D eigenvalue weighted by atomic mass is 10.4. The first-order chi connectivity index (χ1) is 5.74. The summed E-state index contributed by atoms with van der Waals surface area (Å²) in [6.07, 6.45) is 4.06. The molecule has 1 rings (SSSR count). The largest absolute Gasteiger partial charge is 0.377 e. The van der Waals surface area contributed by atoms with Gasteiger partial charge in [0.1, 0.15) is 5.82 Å². The molecule has 3 heteroatoms. The predicted octanol–water partition coefficient (Wildman–Crippen LogP) is 1.62. The molecule has 1 unspecified atom stereocenters. The zero-order chi connectivity index (χ0) is 8.97. The molecule has 1 atom stereocenters. The Hall–Kier alpha value is -0.830. The van der Waals surface area contributed by atoms with Gasteiger partial charge in [0.15, 0.2) is 0 Å². The molecular weight excluding hydrogens is 152 g/mol. The third kappa shape index (κ3) is 2.34. The fraction of sp³-hybridized carbons (Fsp3) is 0.667. The predicted molar refractivity (Wildman–Crippen MR) is 48.1 cm³/mol. The summed E-state index contributed by atoms with van der Waals surface area (Å²) >= 11 is 0. The van der Waals surface area contributed by atoms with Crippen molar-refractivity contribution < 1.29 is 4.74 Å². The number of hydrogen-bond donors (Lipinski definition) is 0. The maximum atomic E-state index is 5.42. The van der Waals surface area contributed by atoms with Gasteiger partial charge in [-0.25, -0.2) is 4.98 Å². The van der Waals surface area contributed by atoms with Crippen LogP contribution >= 0.6 is 0 Å². The van der Waals surface area contributed by atoms with Crippen molar-refractivity contribution in [2.75, 3.05) is 6.61 Å². The van der Waals surface area contributed by atoms with Crippen LogP contribution in [-0.2, 0) is 11.3 Å². The molecule has 0 aliphatic carbocycles. The molecule has 1 aromatic rings. The van der Waals surface area contributed by atoms with Gasteiger partial charge >= 0.3 is 0 Å². The molecule has 0 aliphatic heterocycles. The van der Waals surface area contributed by atoms with E-state index in [1.165, 1.54) is 0 Å². The van der Waals surface area contributed by atoms with Crippen LogP contribution in [0.5, 0.6) is 0 Å². The number of aryl methyl sites for hydroxylation is 1. The highest BCUT2D eigenvalue weighted by atomic mass is 16.5. The Morgan fingerprint density at radius 1 is 1.67 bits per heavy atom. The normalized spacial score (nSPS) is 13.2. The van der Waals surface area contributed by atoms with Crippen LogP contribution in [0.25, 0.3) is 0 Å². The van der Waals surface area contributed by atoms with Gasteiger partial charge in [0.05, 0.1) is 6.10 Å². The van der Waals surface area contributed by atoms with Gasteiger partial charge in [-0.3, -0.25) is 0 Å². The van der Waals surface area contributed by atoms with Crippen LogP contribution in [0.15, 0.2) is 12.4 Å². The van der Waals surface area contributed by atoms with Crippen LogP contribution in [0.3, 0.4) is 0 Å². The molecule has 1 aromatic heterocycles. The Bertz CT molecular complexity index is 232. The van der Waals surface area contributed by atoms with Gasteiger partial charge in [-0.15, -0.1) is 0 Å². The van der Waals surface area contributed by atoms with Crippen molar-refractivity contribution in [2.24, 2.45) is 0 Å². The van der Waals surface area contributed by atoms with E-state index in [0.29, 0.717) is 0 Å². The van der Waals surface area contributed by atoms with Crippen molar-refractivity contribution in [2.45, 2.75) is 33.4 Å². The van der Waals surface area contributed by atoms with E-state index >= 15 is 0 Å². The summed E-state index contributed by atoms with van der Waals surface area (Å²) in [6.45, 7) is 7.74. The Morgan fingerprint density at radius 3 is 2.92 bits per heavy atom. The van der Waals surface area contributed by atoms with Gasteiger partial charge in [-0.05, 0) is 20.8 Å². The van der Waals surface area contributed by atoms with E-state index in [2.05, 4.69) is 16.5 Å². The van der Waals surface area contributed by atoms with Crippen LogP contribution in [0.4, 0.5) is 0 Å². The first-order valence-electron chi connectivity index (χ1n) is 4.33. The summed E-state index contributed by atoms with van der Waals surface area (Å²) in [5.74, 6) is 1.04. The third-order valence-corrected chi connectivity index (χ3v) is 1.83. The van der Waals surface area contributed by atoms with E-state index < -0.39 is 0 Å². The molecule has 3 nitrogen and oxygen atoms in total. The van der Waals surface area contributed by atoms with Crippen LogP contribution in [0.2, 0.25) is 0 Å². The molecule has 0 radical (unpaired) electrons. The van der Waals surface area contributed by atoms with Crippen LogP contribution in [0.1, 0.15) is 19.7 Å². The van der Waals surface area contributed by atoms with Gasteiger partial charge in [0.2, 0.25) is 0 Å². The lowest BCUT2D eigenvalue weighted by Gasteiger charge is -2.12. The van der Waals surface area contributed by atoms with E-state index in [1.807, 2.05) is 26.2 Å². The molecule has 12 heavy (non-hydrogen) atoms. The number of ether oxygens (including phenoxy) is 1. The van der Waals surface area contributed by atoms with Crippen molar-refractivity contribution >= 4 is 0 Å². The van der Waals surface area contributed by atoms with Gasteiger partial charge in [-0.1, -0.05) is 0 Å². The highest BCUT2D eigenvalue weighted by Gasteiger charge is 2.03. The van der Waals surface area contributed by atoms with Gasteiger partial charge in [-0.2, -0.15) is 0 Å². The fourth-order valence-electron chi connectivity index (χ4n) is 1.21. The van der Waals surface area contributed by atoms with E-state index in [4.69, 9.17) is 4.74 Å². The van der Waals surface area contributed by atoms with Crippen molar-refractivity contribution in [1.29, 1.82) is 0 Å². The second-order valence-corrected chi connectivity index (χ2v) is 2.89. The molecule has 0 saturated heterocycles. The lowest BCUT2D eigenvalue weighted by Crippen LogP contribution is -2.16. The second-order valence-electron chi connectivity index (χ2n) is 2.89. The number of nitrogens with zero attached hydrogens (tertiary/aromatic N) is 2. The quantitative estimate of drug-likeness (QED) is 0.683. The van der Waals surface area contributed by atoms with Crippen molar-refractivity contribution in [3.8, 4) is 0 Å². The Balaban J connectivity index is 2.46. The average molecular weight is 168 g/mol. The van der Waals surface area contributed by atoms with E-state index in [-0.39, 0.29) is 6.10 Å². The first kappa shape index (κ1) is 9.26. The number of imidazole rings is 1. The minimum Gasteiger partial charge on any atom is -0.377 e. The molecule has 0 aliphatic rings. The molecule has 0 saturated carbocycles. The standard InChI is InChI=1S/C9H16N2O/c1-4-12-8(2)7-11-6-5-10-9(11)3/h5-6,8H,4,7H2,1-3H3.